The van der Waals surface area contributed by atoms with Crippen LogP contribution in [0.3, 0.4) is 0 Å². The van der Waals surface area contributed by atoms with Crippen LogP contribution in [-0.4, -0.2) is 74.6 Å². The Bertz CT molecular complexity index is 1280. The molecule has 1 aliphatic rings. The Kier molecular flexibility index (Phi) is 7.46. The van der Waals surface area contributed by atoms with Crippen LogP contribution >= 0.6 is 35.1 Å². The third-order valence-electron chi connectivity index (χ3n) is 4.31. The average molecular weight is 574 g/mol. The first kappa shape index (κ1) is 27.3. The van der Waals surface area contributed by atoms with Gasteiger partial charge in [-0.3, -0.25) is 18.9 Å². The second-order valence-electron chi connectivity index (χ2n) is 6.74. The van der Waals surface area contributed by atoms with Crippen molar-refractivity contribution in [3.8, 4) is 0 Å². The first-order chi connectivity index (χ1) is 15.5. The zero-order valence-electron chi connectivity index (χ0n) is 16.2. The normalized spacial score (nSPS) is 29.2. The number of alkyl halides is 2. The number of ether oxygens (including phenoxy) is 1. The highest BCUT2D eigenvalue weighted by atomic mass is 35.5. The van der Waals surface area contributed by atoms with Crippen molar-refractivity contribution in [3.63, 3.8) is 0 Å². The molecule has 1 fully saturated rings. The van der Waals surface area contributed by atoms with E-state index in [1.807, 2.05) is 0 Å². The summed E-state index contributed by atoms with van der Waals surface area (Å²) in [5, 5.41) is 10.4. The standard InChI is InChI=1S/C11H16ClFN5O13P3/c12-1-11(2-28-33(24,25)31-34(26,27)30-32(21,22)23)6(19)4(13)9(29-11)18-3-15-5-7(18)16-10(14)17-8(5)20/h3-4,6,9,19H,1-2H2,(H,24,25)(H,26,27)(H2,21,22,23)(H3,14,16,17,20). The highest BCUT2D eigenvalue weighted by Crippen LogP contribution is 2.66. The minimum absolute atomic E-state index is 0.237. The van der Waals surface area contributed by atoms with Crippen molar-refractivity contribution in [1.29, 1.82) is 0 Å². The molecule has 8 N–H and O–H groups in total. The third kappa shape index (κ3) is 5.74. The highest BCUT2D eigenvalue weighted by Gasteiger charge is 2.57. The van der Waals surface area contributed by atoms with Crippen LogP contribution in [-0.2, 0) is 31.6 Å². The Balaban J connectivity index is 1.83. The van der Waals surface area contributed by atoms with E-state index in [9.17, 15) is 37.8 Å². The topological polar surface area (TPSA) is 279 Å². The Morgan fingerprint density at radius 1 is 1.26 bits per heavy atom. The van der Waals surface area contributed by atoms with E-state index >= 15 is 0 Å². The number of anilines is 1. The summed E-state index contributed by atoms with van der Waals surface area (Å²) < 4.78 is 67.0. The molecule has 0 spiro atoms. The Morgan fingerprint density at radius 2 is 1.91 bits per heavy atom. The number of H-pyrrole nitrogens is 1. The monoisotopic (exact) mass is 573 g/mol. The lowest BCUT2D eigenvalue weighted by Gasteiger charge is -2.29. The molecule has 34 heavy (non-hydrogen) atoms. The molecule has 0 bridgehead atoms. The van der Waals surface area contributed by atoms with E-state index in [4.69, 9.17) is 31.9 Å². The number of nitrogens with zero attached hydrogens (tertiary/aromatic N) is 3. The summed E-state index contributed by atoms with van der Waals surface area (Å²) in [4.78, 5) is 57.5. The summed E-state index contributed by atoms with van der Waals surface area (Å²) in [6.45, 7) is -1.24. The number of hydrogen-bond donors (Lipinski definition) is 7. The number of rotatable bonds is 9. The third-order valence-corrected chi connectivity index (χ3v) is 8.54. The molecular weight excluding hydrogens is 558 g/mol. The SMILES string of the molecule is Nc1nc2c(ncn2C2OC(CCl)(COP(=O)(O)OP(=O)(O)OP(=O)(O)O)C(O)C2F)c(=O)[nH]1. The zero-order valence-corrected chi connectivity index (χ0v) is 19.7. The van der Waals surface area contributed by atoms with Crippen molar-refractivity contribution in [1.82, 2.24) is 19.5 Å². The van der Waals surface area contributed by atoms with Gasteiger partial charge in [-0.1, -0.05) is 0 Å². The predicted octanol–water partition coefficient (Wildman–Crippen LogP) is -0.750. The molecule has 3 rings (SSSR count). The highest BCUT2D eigenvalue weighted by molar-refractivity contribution is 7.66. The fourth-order valence-corrected chi connectivity index (χ4v) is 6.30. The summed E-state index contributed by atoms with van der Waals surface area (Å²) in [5.41, 5.74) is 1.94. The van der Waals surface area contributed by atoms with Crippen molar-refractivity contribution in [2.75, 3.05) is 18.2 Å². The lowest BCUT2D eigenvalue weighted by atomic mass is 9.99. The number of imidazole rings is 1. The maximum Gasteiger partial charge on any atom is 0.490 e. The molecule has 1 aliphatic heterocycles. The van der Waals surface area contributed by atoms with Gasteiger partial charge in [0.15, 0.2) is 23.6 Å². The fourth-order valence-electron chi connectivity index (χ4n) is 2.92. The van der Waals surface area contributed by atoms with Crippen LogP contribution < -0.4 is 11.3 Å². The Hall–Kier alpha value is -1.30. The molecule has 18 nitrogen and oxygen atoms in total. The molecule has 0 aliphatic carbocycles. The van der Waals surface area contributed by atoms with Crippen LogP contribution in [0, 0.1) is 0 Å². The van der Waals surface area contributed by atoms with Gasteiger partial charge in [-0.05, 0) is 0 Å². The van der Waals surface area contributed by atoms with Gasteiger partial charge in [-0.15, -0.1) is 11.6 Å². The number of nitrogens with two attached hydrogens (primary N) is 1. The van der Waals surface area contributed by atoms with Crippen LogP contribution in [0.15, 0.2) is 11.1 Å². The van der Waals surface area contributed by atoms with E-state index in [0.29, 0.717) is 0 Å². The average Bonchev–Trinajstić information content (AvgIpc) is 3.18. The summed E-state index contributed by atoms with van der Waals surface area (Å²) in [6.07, 6.45) is -5.25. The van der Waals surface area contributed by atoms with E-state index in [2.05, 4.69) is 28.1 Å². The molecule has 0 amide bonds. The molecule has 0 saturated carbocycles. The van der Waals surface area contributed by atoms with Gasteiger partial charge in [0.2, 0.25) is 5.95 Å². The van der Waals surface area contributed by atoms with Gasteiger partial charge >= 0.3 is 23.5 Å². The Morgan fingerprint density at radius 3 is 2.50 bits per heavy atom. The molecule has 0 radical (unpaired) electrons. The number of hydrogen-bond acceptors (Lipinski definition) is 12. The fraction of sp³-hybridized carbons (Fsp3) is 0.545. The lowest BCUT2D eigenvalue weighted by Crippen LogP contribution is -2.47. The maximum atomic E-state index is 15.0. The maximum absolute atomic E-state index is 15.0. The largest absolute Gasteiger partial charge is 0.490 e. The molecule has 2 aromatic rings. The predicted molar refractivity (Wildman–Crippen MR) is 107 cm³/mol. The number of phosphoric ester groups is 1. The number of nitrogens with one attached hydrogen (secondary N) is 1. The van der Waals surface area contributed by atoms with Gasteiger partial charge in [0.25, 0.3) is 5.56 Å². The van der Waals surface area contributed by atoms with Gasteiger partial charge in [0.05, 0.1) is 18.8 Å². The lowest BCUT2D eigenvalue weighted by molar-refractivity contribution is -0.111. The molecular formula is C11H16ClFN5O13P3. The van der Waals surface area contributed by atoms with Crippen molar-refractivity contribution in [2.45, 2.75) is 24.1 Å². The number of aromatic amines is 1. The molecule has 1 saturated heterocycles. The van der Waals surface area contributed by atoms with E-state index < -0.39 is 65.6 Å². The summed E-state index contributed by atoms with van der Waals surface area (Å²) in [5.74, 6) is -1.12. The summed E-state index contributed by atoms with van der Waals surface area (Å²) in [7, 11) is -17.1. The van der Waals surface area contributed by atoms with Gasteiger partial charge in [-0.2, -0.15) is 13.6 Å². The van der Waals surface area contributed by atoms with E-state index in [1.54, 1.807) is 0 Å². The molecule has 192 valence electrons. The van der Waals surface area contributed by atoms with Gasteiger partial charge < -0.3 is 35.2 Å². The van der Waals surface area contributed by atoms with Crippen molar-refractivity contribution < 1.29 is 60.6 Å². The zero-order chi connectivity index (χ0) is 25.7. The second kappa shape index (κ2) is 9.29. The molecule has 23 heteroatoms. The van der Waals surface area contributed by atoms with Crippen LogP contribution in [0.5, 0.6) is 0 Å². The van der Waals surface area contributed by atoms with Crippen molar-refractivity contribution in [3.05, 3.63) is 16.7 Å². The van der Waals surface area contributed by atoms with Crippen LogP contribution in [0.2, 0.25) is 0 Å². The number of halogens is 2. The van der Waals surface area contributed by atoms with Crippen LogP contribution in [0.1, 0.15) is 6.23 Å². The first-order valence-electron chi connectivity index (χ1n) is 8.56. The van der Waals surface area contributed by atoms with Crippen LogP contribution in [0.25, 0.3) is 11.2 Å². The van der Waals surface area contributed by atoms with Crippen molar-refractivity contribution >= 4 is 52.2 Å². The number of fused-ring (bicyclic) bond motifs is 1. The minimum Gasteiger partial charge on any atom is -0.387 e. The minimum atomic E-state index is -5.82. The van der Waals surface area contributed by atoms with Gasteiger partial charge in [0.1, 0.15) is 11.7 Å². The van der Waals surface area contributed by atoms with Crippen molar-refractivity contribution in [2.24, 2.45) is 0 Å². The number of aliphatic hydroxyl groups excluding tert-OH is 1. The number of phosphoric acid groups is 3. The Labute approximate surface area is 191 Å². The van der Waals surface area contributed by atoms with E-state index in [-0.39, 0.29) is 17.1 Å². The molecule has 0 aromatic carbocycles. The molecule has 2 aromatic heterocycles. The number of aliphatic hydroxyl groups is 1. The van der Waals surface area contributed by atoms with E-state index in [1.165, 1.54) is 0 Å². The molecule has 6 atom stereocenters. The van der Waals surface area contributed by atoms with E-state index in [0.717, 1.165) is 10.9 Å². The smallest absolute Gasteiger partial charge is 0.387 e. The summed E-state index contributed by atoms with van der Waals surface area (Å²) in [6, 6.07) is 0. The quantitative estimate of drug-likeness (QED) is 0.143. The molecule has 3 heterocycles. The van der Waals surface area contributed by atoms with Gasteiger partial charge in [0, 0.05) is 0 Å². The summed E-state index contributed by atoms with van der Waals surface area (Å²) >= 11 is 5.78. The number of nitrogen functional groups attached to an aromatic ring is 1. The first-order valence-corrected chi connectivity index (χ1v) is 13.6. The van der Waals surface area contributed by atoms with Crippen LogP contribution in [0.4, 0.5) is 10.3 Å². The second-order valence-corrected chi connectivity index (χ2v) is 11.4. The van der Waals surface area contributed by atoms with Gasteiger partial charge in [-0.25, -0.2) is 23.1 Å². The number of aromatic nitrogens is 4. The molecule has 6 unspecified atom stereocenters.